The van der Waals surface area contributed by atoms with Crippen LogP contribution in [0, 0.1) is 6.92 Å². The molecule has 0 bridgehead atoms. The molecule has 1 aromatic heterocycles. The van der Waals surface area contributed by atoms with Crippen molar-refractivity contribution in [3.05, 3.63) is 64.5 Å². The van der Waals surface area contributed by atoms with Crippen LogP contribution in [0.1, 0.15) is 11.5 Å². The molecule has 30 heavy (non-hydrogen) atoms. The van der Waals surface area contributed by atoms with Gasteiger partial charge in [0.2, 0.25) is 11.7 Å². The van der Waals surface area contributed by atoms with Gasteiger partial charge in [0, 0.05) is 10.0 Å². The van der Waals surface area contributed by atoms with E-state index in [2.05, 4.69) is 36.4 Å². The summed E-state index contributed by atoms with van der Waals surface area (Å²) in [6.07, 6.45) is 0. The second kappa shape index (κ2) is 7.13. The van der Waals surface area contributed by atoms with Gasteiger partial charge in [0.15, 0.2) is 12.1 Å². The highest BCUT2D eigenvalue weighted by Gasteiger charge is 2.55. The van der Waals surface area contributed by atoms with Crippen LogP contribution in [0.3, 0.4) is 0 Å². The van der Waals surface area contributed by atoms with Gasteiger partial charge in [-0.25, -0.2) is 4.90 Å². The van der Waals surface area contributed by atoms with Crippen LogP contribution < -0.4 is 4.90 Å². The average molecular weight is 467 g/mol. The maximum atomic E-state index is 13.0. The molecule has 0 N–H and O–H groups in total. The number of hydrogen-bond acceptors (Lipinski definition) is 8. The lowest BCUT2D eigenvalue weighted by Crippen LogP contribution is -2.39. The number of hydrogen-bond donors (Lipinski definition) is 0. The molecular weight excluding hydrogens is 452 g/mol. The first kappa shape index (κ1) is 18.6. The summed E-state index contributed by atoms with van der Waals surface area (Å²) in [6.45, 7) is 2.04. The van der Waals surface area contributed by atoms with Gasteiger partial charge in [-0.1, -0.05) is 50.6 Å². The third-order valence-corrected chi connectivity index (χ3v) is 5.62. The van der Waals surface area contributed by atoms with Crippen molar-refractivity contribution >= 4 is 33.4 Å². The number of rotatable bonds is 4. The number of amides is 2. The van der Waals surface area contributed by atoms with E-state index in [9.17, 15) is 9.59 Å². The highest BCUT2D eigenvalue weighted by atomic mass is 79.9. The van der Waals surface area contributed by atoms with E-state index >= 15 is 0 Å². The Labute approximate surface area is 179 Å². The molecule has 0 saturated carbocycles. The molecule has 3 heterocycles. The van der Waals surface area contributed by atoms with Gasteiger partial charge < -0.3 is 4.52 Å². The van der Waals surface area contributed by atoms with E-state index in [1.54, 1.807) is 24.3 Å². The van der Waals surface area contributed by atoms with Crippen molar-refractivity contribution in [1.29, 1.82) is 0 Å². The molecule has 0 aliphatic carbocycles. The first-order valence-electron chi connectivity index (χ1n) is 9.22. The Bertz CT molecular complexity index is 1180. The van der Waals surface area contributed by atoms with Crippen molar-refractivity contribution in [1.82, 2.24) is 15.1 Å². The predicted octanol–water partition coefficient (Wildman–Crippen LogP) is 3.30. The quantitative estimate of drug-likeness (QED) is 0.546. The molecule has 10 heteroatoms. The molecular formula is C20H15BrN6O3. The van der Waals surface area contributed by atoms with E-state index in [1.807, 2.05) is 31.2 Å². The molecule has 2 aliphatic heterocycles. The van der Waals surface area contributed by atoms with Crippen LogP contribution in [-0.2, 0) is 16.1 Å². The van der Waals surface area contributed by atoms with E-state index in [-0.39, 0.29) is 18.3 Å². The van der Waals surface area contributed by atoms with Crippen molar-refractivity contribution in [2.45, 2.75) is 25.6 Å². The van der Waals surface area contributed by atoms with Gasteiger partial charge in [0.1, 0.15) is 6.54 Å². The fourth-order valence-corrected chi connectivity index (χ4v) is 3.85. The number of benzene rings is 2. The molecule has 9 nitrogen and oxygen atoms in total. The summed E-state index contributed by atoms with van der Waals surface area (Å²) in [7, 11) is 0. The molecule has 1 fully saturated rings. The number of imide groups is 1. The van der Waals surface area contributed by atoms with Gasteiger partial charge in [-0.05, 0) is 36.8 Å². The summed E-state index contributed by atoms with van der Waals surface area (Å²) in [5.41, 5.74) is 2.38. The van der Waals surface area contributed by atoms with E-state index in [0.29, 0.717) is 11.5 Å². The summed E-state index contributed by atoms with van der Waals surface area (Å²) in [4.78, 5) is 31.4. The van der Waals surface area contributed by atoms with Crippen molar-refractivity contribution in [2.24, 2.45) is 10.3 Å². The Morgan fingerprint density at radius 1 is 1.07 bits per heavy atom. The van der Waals surface area contributed by atoms with Crippen molar-refractivity contribution in [3.63, 3.8) is 0 Å². The molecule has 3 aromatic rings. The highest BCUT2D eigenvalue weighted by Crippen LogP contribution is 2.33. The van der Waals surface area contributed by atoms with Crippen LogP contribution in [0.5, 0.6) is 0 Å². The number of carbonyl (C=O) groups is 2. The fraction of sp³-hybridized carbons (Fsp3) is 0.200. The van der Waals surface area contributed by atoms with Crippen LogP contribution >= 0.6 is 15.9 Å². The van der Waals surface area contributed by atoms with Crippen LogP contribution in [0.15, 0.2) is 67.9 Å². The third-order valence-electron chi connectivity index (χ3n) is 5.09. The van der Waals surface area contributed by atoms with Crippen LogP contribution in [-0.4, -0.2) is 39.0 Å². The van der Waals surface area contributed by atoms with Crippen LogP contribution in [0.4, 0.5) is 5.69 Å². The molecule has 5 rings (SSSR count). The second-order valence-electron chi connectivity index (χ2n) is 7.01. The number of aromatic nitrogens is 2. The summed E-state index contributed by atoms with van der Waals surface area (Å²) < 4.78 is 6.21. The predicted molar refractivity (Wildman–Crippen MR) is 109 cm³/mol. The number of halogens is 1. The first-order valence-corrected chi connectivity index (χ1v) is 10.0. The monoisotopic (exact) mass is 466 g/mol. The minimum absolute atomic E-state index is 0.0801. The molecule has 2 atom stereocenters. The largest absolute Gasteiger partial charge is 0.337 e. The van der Waals surface area contributed by atoms with Gasteiger partial charge in [-0.2, -0.15) is 10.1 Å². The molecule has 2 aromatic carbocycles. The lowest BCUT2D eigenvalue weighted by atomic mass is 10.1. The Morgan fingerprint density at radius 3 is 2.60 bits per heavy atom. The molecule has 0 radical (unpaired) electrons. The zero-order valence-corrected chi connectivity index (χ0v) is 17.4. The maximum absolute atomic E-state index is 13.0. The summed E-state index contributed by atoms with van der Waals surface area (Å²) in [6, 6.07) is 13.0. The number of fused-ring (bicyclic) bond motifs is 1. The van der Waals surface area contributed by atoms with Crippen molar-refractivity contribution in [2.75, 3.05) is 4.90 Å². The van der Waals surface area contributed by atoms with Gasteiger partial charge in [-0.3, -0.25) is 14.6 Å². The molecule has 2 amide bonds. The second-order valence-corrected chi connectivity index (χ2v) is 7.92. The number of aryl methyl sites for hydroxylation is 1. The molecule has 1 saturated heterocycles. The van der Waals surface area contributed by atoms with Gasteiger partial charge in [0.25, 0.3) is 11.8 Å². The van der Waals surface area contributed by atoms with E-state index in [4.69, 9.17) is 4.52 Å². The topological polar surface area (TPSA) is 104 Å². The lowest BCUT2D eigenvalue weighted by molar-refractivity contribution is -0.123. The van der Waals surface area contributed by atoms with E-state index in [1.165, 1.54) is 5.01 Å². The van der Waals surface area contributed by atoms with E-state index < -0.39 is 18.0 Å². The summed E-state index contributed by atoms with van der Waals surface area (Å²) >= 11 is 3.35. The van der Waals surface area contributed by atoms with Crippen molar-refractivity contribution < 1.29 is 14.1 Å². The summed E-state index contributed by atoms with van der Waals surface area (Å²) in [5, 5.41) is 13.5. The zero-order chi connectivity index (χ0) is 20.8. The van der Waals surface area contributed by atoms with E-state index in [0.717, 1.165) is 20.5 Å². The Balaban J connectivity index is 1.37. The molecule has 0 unspecified atom stereocenters. The Hall–Kier alpha value is -3.40. The van der Waals surface area contributed by atoms with Gasteiger partial charge >= 0.3 is 0 Å². The Kier molecular flexibility index (Phi) is 4.43. The first-order chi connectivity index (χ1) is 14.5. The van der Waals surface area contributed by atoms with Gasteiger partial charge in [0.05, 0.1) is 5.69 Å². The average Bonchev–Trinajstić information content (AvgIpc) is 3.42. The van der Waals surface area contributed by atoms with Crippen molar-refractivity contribution in [3.8, 4) is 11.4 Å². The maximum Gasteiger partial charge on any atom is 0.263 e. The Morgan fingerprint density at radius 2 is 1.83 bits per heavy atom. The number of nitrogens with zero attached hydrogens (tertiary/aromatic N) is 6. The standard InChI is InChI=1S/C20H15BrN6O3/c1-11-4-2-3-5-14(11)18-22-15(30-24-18)10-26-17-16(23-25-26)19(28)27(20(17)29)13-8-6-12(21)7-9-13/h2-9,16-17H,10H2,1H3/t16-,17-/m1/s1. The molecule has 0 spiro atoms. The molecule has 2 aliphatic rings. The van der Waals surface area contributed by atoms with Crippen LogP contribution in [0.25, 0.3) is 11.4 Å². The highest BCUT2D eigenvalue weighted by molar-refractivity contribution is 9.10. The number of carbonyl (C=O) groups excluding carboxylic acids is 2. The zero-order valence-electron chi connectivity index (χ0n) is 15.8. The lowest BCUT2D eigenvalue weighted by Gasteiger charge is -2.19. The molecule has 150 valence electrons. The van der Waals surface area contributed by atoms with Crippen LogP contribution in [0.2, 0.25) is 0 Å². The minimum atomic E-state index is -0.875. The minimum Gasteiger partial charge on any atom is -0.337 e. The normalized spacial score (nSPS) is 20.3. The third kappa shape index (κ3) is 3.00. The van der Waals surface area contributed by atoms with Gasteiger partial charge in [-0.15, -0.1) is 0 Å². The smallest absolute Gasteiger partial charge is 0.263 e. The number of anilines is 1. The fourth-order valence-electron chi connectivity index (χ4n) is 3.59. The summed E-state index contributed by atoms with van der Waals surface area (Å²) in [5.74, 6) is -0.0306. The SMILES string of the molecule is Cc1ccccc1-c1noc(CN2N=N[C@H]3C(=O)N(c4ccc(Br)cc4)C(=O)[C@@H]32)n1.